The molecule has 2 amide bonds. The van der Waals surface area contributed by atoms with Crippen molar-refractivity contribution in [1.82, 2.24) is 4.90 Å². The van der Waals surface area contributed by atoms with Crippen LogP contribution in [0.1, 0.15) is 23.2 Å². The van der Waals surface area contributed by atoms with E-state index >= 15 is 0 Å². The molecule has 1 fully saturated rings. The van der Waals surface area contributed by atoms with Crippen LogP contribution in [0.2, 0.25) is 0 Å². The first kappa shape index (κ1) is 15.0. The van der Waals surface area contributed by atoms with Gasteiger partial charge in [0.2, 0.25) is 5.91 Å². The summed E-state index contributed by atoms with van der Waals surface area (Å²) in [6.45, 7) is 0.486. The van der Waals surface area contributed by atoms with Gasteiger partial charge in [-0.15, -0.1) is 0 Å². The Morgan fingerprint density at radius 3 is 2.43 bits per heavy atom. The second kappa shape index (κ2) is 5.90. The normalized spacial score (nSPS) is 17.6. The molecular weight excluding hydrogens is 274 g/mol. The summed E-state index contributed by atoms with van der Waals surface area (Å²) >= 11 is 0. The number of likely N-dealkylation sites (tertiary alicyclic amines) is 1. The summed E-state index contributed by atoms with van der Waals surface area (Å²) in [4.78, 5) is 25.5. The summed E-state index contributed by atoms with van der Waals surface area (Å²) in [5.74, 6) is 0.0268. The molecule has 1 atom stereocenters. The van der Waals surface area contributed by atoms with Crippen LogP contribution in [0.4, 0.5) is 5.69 Å². The Morgan fingerprint density at radius 2 is 1.86 bits per heavy atom. The molecule has 7 heteroatoms. The number of hydrogen-bond donors (Lipinski definition) is 2. The van der Waals surface area contributed by atoms with Crippen LogP contribution in [-0.2, 0) is 4.79 Å². The van der Waals surface area contributed by atoms with E-state index in [1.807, 2.05) is 0 Å². The van der Waals surface area contributed by atoms with E-state index in [-0.39, 0.29) is 17.2 Å². The van der Waals surface area contributed by atoms with Crippen LogP contribution in [0, 0.1) is 0 Å². The number of carbonyl (C=O) groups excluding carboxylic acids is 2. The molecule has 1 saturated heterocycles. The van der Waals surface area contributed by atoms with Crippen molar-refractivity contribution in [3.05, 3.63) is 17.7 Å². The second-order valence-corrected chi connectivity index (χ2v) is 4.85. The first-order valence-electron chi connectivity index (χ1n) is 6.61. The molecule has 4 N–H and O–H groups in total. The summed E-state index contributed by atoms with van der Waals surface area (Å²) < 4.78 is 10.3. The highest BCUT2D eigenvalue weighted by molar-refractivity contribution is 6.02. The van der Waals surface area contributed by atoms with Crippen LogP contribution in [-0.4, -0.2) is 43.5 Å². The van der Waals surface area contributed by atoms with Crippen LogP contribution < -0.4 is 20.9 Å². The lowest BCUT2D eigenvalue weighted by molar-refractivity contribution is -0.121. The van der Waals surface area contributed by atoms with Gasteiger partial charge in [0.15, 0.2) is 11.5 Å². The summed E-state index contributed by atoms with van der Waals surface area (Å²) in [6, 6.07) is 2.47. The van der Waals surface area contributed by atoms with Crippen LogP contribution in [0.25, 0.3) is 0 Å². The number of ether oxygens (including phenoxy) is 2. The van der Waals surface area contributed by atoms with E-state index in [1.165, 1.54) is 31.3 Å². The monoisotopic (exact) mass is 293 g/mol. The van der Waals surface area contributed by atoms with Gasteiger partial charge in [-0.2, -0.15) is 0 Å². The molecule has 1 aromatic carbocycles. The number of rotatable bonds is 4. The molecule has 0 radical (unpaired) electrons. The topological polar surface area (TPSA) is 108 Å². The fourth-order valence-corrected chi connectivity index (χ4v) is 2.54. The maximum atomic E-state index is 12.6. The summed E-state index contributed by atoms with van der Waals surface area (Å²) in [6.07, 6.45) is 1.32. The van der Waals surface area contributed by atoms with Crippen molar-refractivity contribution in [1.29, 1.82) is 0 Å². The quantitative estimate of drug-likeness (QED) is 0.780. The Bertz CT molecular complexity index is 574. The highest BCUT2D eigenvalue weighted by Gasteiger charge is 2.34. The number of nitrogens with zero attached hydrogens (tertiary/aromatic N) is 1. The maximum Gasteiger partial charge on any atom is 0.256 e. The third kappa shape index (κ3) is 2.72. The van der Waals surface area contributed by atoms with Crippen molar-refractivity contribution in [3.8, 4) is 11.5 Å². The largest absolute Gasteiger partial charge is 0.493 e. The fourth-order valence-electron chi connectivity index (χ4n) is 2.54. The number of hydrogen-bond acceptors (Lipinski definition) is 5. The van der Waals surface area contributed by atoms with E-state index in [1.54, 1.807) is 0 Å². The molecule has 1 aliphatic heterocycles. The minimum Gasteiger partial charge on any atom is -0.493 e. The van der Waals surface area contributed by atoms with Crippen LogP contribution in [0.15, 0.2) is 12.1 Å². The third-order valence-corrected chi connectivity index (χ3v) is 3.63. The Morgan fingerprint density at radius 1 is 1.24 bits per heavy atom. The van der Waals surface area contributed by atoms with E-state index in [9.17, 15) is 9.59 Å². The molecule has 7 nitrogen and oxygen atoms in total. The smallest absolute Gasteiger partial charge is 0.256 e. The van der Waals surface area contributed by atoms with Gasteiger partial charge >= 0.3 is 0 Å². The number of nitrogens with two attached hydrogens (primary N) is 2. The van der Waals surface area contributed by atoms with Gasteiger partial charge in [-0.05, 0) is 18.9 Å². The van der Waals surface area contributed by atoms with Crippen molar-refractivity contribution in [3.63, 3.8) is 0 Å². The minimum absolute atomic E-state index is 0.271. The van der Waals surface area contributed by atoms with E-state index < -0.39 is 11.9 Å². The average Bonchev–Trinajstić information content (AvgIpc) is 2.95. The Labute approximate surface area is 122 Å². The standard InChI is InChI=1S/C14H19N3O4/c1-20-11-6-8(9(15)7-12(11)21-2)14(19)17-5-3-4-10(17)13(16)18/h6-7,10H,3-5,15H2,1-2H3,(H2,16,18). The average molecular weight is 293 g/mol. The van der Waals surface area contributed by atoms with Crippen molar-refractivity contribution >= 4 is 17.5 Å². The van der Waals surface area contributed by atoms with E-state index in [0.29, 0.717) is 24.5 Å². The zero-order valence-corrected chi connectivity index (χ0v) is 12.1. The van der Waals surface area contributed by atoms with Gasteiger partial charge in [0.1, 0.15) is 6.04 Å². The molecule has 0 spiro atoms. The lowest BCUT2D eigenvalue weighted by Gasteiger charge is -2.23. The van der Waals surface area contributed by atoms with Crippen LogP contribution in [0.5, 0.6) is 11.5 Å². The molecule has 0 aromatic heterocycles. The minimum atomic E-state index is -0.579. The van der Waals surface area contributed by atoms with E-state index in [2.05, 4.69) is 0 Å². The maximum absolute atomic E-state index is 12.6. The van der Waals surface area contributed by atoms with Crippen molar-refractivity contribution in [2.75, 3.05) is 26.5 Å². The van der Waals surface area contributed by atoms with Gasteiger partial charge in [-0.3, -0.25) is 9.59 Å². The number of carbonyl (C=O) groups is 2. The first-order chi connectivity index (χ1) is 9.99. The lowest BCUT2D eigenvalue weighted by Crippen LogP contribution is -2.43. The number of anilines is 1. The molecule has 0 saturated carbocycles. The number of benzene rings is 1. The predicted molar refractivity (Wildman–Crippen MR) is 77.2 cm³/mol. The SMILES string of the molecule is COc1cc(N)c(C(=O)N2CCCC2C(N)=O)cc1OC. The molecular formula is C14H19N3O4. The summed E-state index contributed by atoms with van der Waals surface area (Å²) in [7, 11) is 2.97. The van der Waals surface area contributed by atoms with Crippen molar-refractivity contribution in [2.45, 2.75) is 18.9 Å². The zero-order valence-electron chi connectivity index (χ0n) is 12.1. The number of primary amides is 1. The third-order valence-electron chi connectivity index (χ3n) is 3.63. The van der Waals surface area contributed by atoms with Gasteiger partial charge in [0.25, 0.3) is 5.91 Å². The Kier molecular flexibility index (Phi) is 4.21. The Balaban J connectivity index is 2.37. The van der Waals surface area contributed by atoms with E-state index in [0.717, 1.165) is 6.42 Å². The molecule has 2 rings (SSSR count). The van der Waals surface area contributed by atoms with Crippen molar-refractivity contribution in [2.24, 2.45) is 5.73 Å². The molecule has 1 unspecified atom stereocenters. The fraction of sp³-hybridized carbons (Fsp3) is 0.429. The zero-order chi connectivity index (χ0) is 15.6. The van der Waals surface area contributed by atoms with Gasteiger partial charge in [0.05, 0.1) is 19.8 Å². The molecule has 0 bridgehead atoms. The van der Waals surface area contributed by atoms with Crippen LogP contribution in [0.3, 0.4) is 0 Å². The number of methoxy groups -OCH3 is 2. The van der Waals surface area contributed by atoms with Gasteiger partial charge in [-0.25, -0.2) is 0 Å². The number of amides is 2. The molecule has 1 aromatic rings. The summed E-state index contributed by atoms with van der Waals surface area (Å²) in [5.41, 5.74) is 11.8. The highest BCUT2D eigenvalue weighted by Crippen LogP contribution is 2.33. The van der Waals surface area contributed by atoms with Gasteiger partial charge < -0.3 is 25.8 Å². The van der Waals surface area contributed by atoms with Crippen molar-refractivity contribution < 1.29 is 19.1 Å². The second-order valence-electron chi connectivity index (χ2n) is 4.85. The first-order valence-corrected chi connectivity index (χ1v) is 6.61. The Hall–Kier alpha value is -2.44. The molecule has 1 aliphatic rings. The molecule has 1 heterocycles. The summed E-state index contributed by atoms with van der Waals surface area (Å²) in [5, 5.41) is 0. The molecule has 114 valence electrons. The van der Waals surface area contributed by atoms with Gasteiger partial charge in [-0.1, -0.05) is 0 Å². The van der Waals surface area contributed by atoms with Gasteiger partial charge in [0, 0.05) is 18.3 Å². The highest BCUT2D eigenvalue weighted by atomic mass is 16.5. The van der Waals surface area contributed by atoms with E-state index in [4.69, 9.17) is 20.9 Å². The molecule has 0 aliphatic carbocycles. The predicted octanol–water partition coefficient (Wildman–Crippen LogP) is 0.376. The van der Waals surface area contributed by atoms with Crippen LogP contribution >= 0.6 is 0 Å². The number of nitrogen functional groups attached to an aromatic ring is 1. The molecule has 21 heavy (non-hydrogen) atoms. The lowest BCUT2D eigenvalue weighted by atomic mass is 10.1.